The third-order valence-electron chi connectivity index (χ3n) is 3.23. The van der Waals surface area contributed by atoms with E-state index >= 15 is 0 Å². The number of piperidine rings is 1. The van der Waals surface area contributed by atoms with Crippen LogP contribution in [0.15, 0.2) is 0 Å². The fourth-order valence-corrected chi connectivity index (χ4v) is 2.68. The molecule has 2 saturated heterocycles. The minimum absolute atomic E-state index is 0.0681. The van der Waals surface area contributed by atoms with Gasteiger partial charge in [0.2, 0.25) is 5.91 Å². The number of carbonyl (C=O) groups excluding carboxylic acids is 1. The summed E-state index contributed by atoms with van der Waals surface area (Å²) in [5, 5.41) is 3.74. The van der Waals surface area contributed by atoms with Gasteiger partial charge in [0.1, 0.15) is 0 Å². The summed E-state index contributed by atoms with van der Waals surface area (Å²) in [7, 11) is 0. The average Bonchev–Trinajstić information content (AvgIpc) is 2.29. The predicted octanol–water partition coefficient (Wildman–Crippen LogP) is 0.362. The molecule has 0 bridgehead atoms. The summed E-state index contributed by atoms with van der Waals surface area (Å²) in [6, 6.07) is 0. The van der Waals surface area contributed by atoms with E-state index in [9.17, 15) is 4.79 Å². The van der Waals surface area contributed by atoms with E-state index < -0.39 is 0 Å². The maximum Gasteiger partial charge on any atom is 0.233 e. The lowest BCUT2D eigenvalue weighted by Gasteiger charge is -2.45. The molecule has 1 N–H and O–H groups in total. The van der Waals surface area contributed by atoms with Gasteiger partial charge >= 0.3 is 0 Å². The lowest BCUT2D eigenvalue weighted by atomic mass is 9.90. The van der Waals surface area contributed by atoms with Crippen molar-refractivity contribution in [2.45, 2.75) is 18.4 Å². The maximum atomic E-state index is 11.6. The first kappa shape index (κ1) is 11.4. The number of halogens is 1. The third kappa shape index (κ3) is 2.52. The standard InChI is InChI=1S/C10H17BrN2O2/c11-7-9(14)13-5-6-15-10(8-13)1-3-12-4-2-10/h12H,1-8H2. The molecule has 5 heteroatoms. The van der Waals surface area contributed by atoms with Crippen LogP contribution in [0.2, 0.25) is 0 Å². The molecule has 0 aromatic heterocycles. The topological polar surface area (TPSA) is 41.6 Å². The van der Waals surface area contributed by atoms with Crippen molar-refractivity contribution >= 4 is 21.8 Å². The Morgan fingerprint density at radius 2 is 2.20 bits per heavy atom. The number of amides is 1. The smallest absolute Gasteiger partial charge is 0.233 e. The van der Waals surface area contributed by atoms with Gasteiger partial charge in [-0.1, -0.05) is 15.9 Å². The fourth-order valence-electron chi connectivity index (χ4n) is 2.33. The molecule has 0 atom stereocenters. The number of nitrogens with zero attached hydrogens (tertiary/aromatic N) is 1. The zero-order valence-electron chi connectivity index (χ0n) is 8.80. The van der Waals surface area contributed by atoms with Crippen molar-refractivity contribution in [3.05, 3.63) is 0 Å². The summed E-state index contributed by atoms with van der Waals surface area (Å²) in [4.78, 5) is 13.5. The molecule has 0 aromatic rings. The molecule has 0 aliphatic carbocycles. The number of alkyl halides is 1. The summed E-state index contributed by atoms with van der Waals surface area (Å²) in [5.74, 6) is 0.177. The highest BCUT2D eigenvalue weighted by Gasteiger charge is 2.38. The Morgan fingerprint density at radius 1 is 1.47 bits per heavy atom. The molecule has 1 amide bonds. The van der Waals surface area contributed by atoms with E-state index in [2.05, 4.69) is 21.2 Å². The molecule has 2 rings (SSSR count). The van der Waals surface area contributed by atoms with Gasteiger partial charge in [0.15, 0.2) is 0 Å². The Kier molecular flexibility index (Phi) is 3.64. The zero-order chi connectivity index (χ0) is 10.7. The van der Waals surface area contributed by atoms with Crippen molar-refractivity contribution in [2.75, 3.05) is 38.1 Å². The van der Waals surface area contributed by atoms with E-state index in [1.807, 2.05) is 4.90 Å². The van der Waals surface area contributed by atoms with Crippen molar-refractivity contribution in [1.82, 2.24) is 10.2 Å². The number of hydrogen-bond acceptors (Lipinski definition) is 3. The van der Waals surface area contributed by atoms with Gasteiger partial charge in [-0.2, -0.15) is 0 Å². The van der Waals surface area contributed by atoms with Crippen LogP contribution in [0.1, 0.15) is 12.8 Å². The van der Waals surface area contributed by atoms with Gasteiger partial charge in [-0.05, 0) is 25.9 Å². The van der Waals surface area contributed by atoms with Crippen LogP contribution in [-0.2, 0) is 9.53 Å². The summed E-state index contributed by atoms with van der Waals surface area (Å²) < 4.78 is 5.88. The van der Waals surface area contributed by atoms with Crippen molar-refractivity contribution in [1.29, 1.82) is 0 Å². The highest BCUT2D eigenvalue weighted by molar-refractivity contribution is 9.09. The Labute approximate surface area is 98.5 Å². The van der Waals surface area contributed by atoms with Crippen LogP contribution in [0.3, 0.4) is 0 Å². The van der Waals surface area contributed by atoms with Crippen LogP contribution in [0.4, 0.5) is 0 Å². The Bertz CT molecular complexity index is 236. The molecule has 0 radical (unpaired) electrons. The number of hydrogen-bond donors (Lipinski definition) is 1. The molecule has 0 saturated carbocycles. The Balaban J connectivity index is 1.99. The number of nitrogens with one attached hydrogen (secondary N) is 1. The molecule has 15 heavy (non-hydrogen) atoms. The van der Waals surface area contributed by atoms with E-state index in [0.29, 0.717) is 11.9 Å². The van der Waals surface area contributed by atoms with Crippen molar-refractivity contribution in [3.8, 4) is 0 Å². The van der Waals surface area contributed by atoms with Gasteiger partial charge in [0, 0.05) is 13.1 Å². The van der Waals surface area contributed by atoms with Crippen LogP contribution in [0.25, 0.3) is 0 Å². The molecular weight excluding hydrogens is 260 g/mol. The second-order valence-electron chi connectivity index (χ2n) is 4.23. The summed E-state index contributed by atoms with van der Waals surface area (Å²) in [5.41, 5.74) is -0.0681. The van der Waals surface area contributed by atoms with Gasteiger partial charge in [0.05, 0.1) is 17.5 Å². The van der Waals surface area contributed by atoms with Crippen LogP contribution in [-0.4, -0.2) is 54.5 Å². The molecule has 4 nitrogen and oxygen atoms in total. The molecule has 2 fully saturated rings. The third-order valence-corrected chi connectivity index (χ3v) is 3.71. The fraction of sp³-hybridized carbons (Fsp3) is 0.900. The number of rotatable bonds is 1. The summed E-state index contributed by atoms with van der Waals surface area (Å²) >= 11 is 3.22. The van der Waals surface area contributed by atoms with Gasteiger partial charge < -0.3 is 15.0 Å². The molecule has 2 aliphatic rings. The van der Waals surface area contributed by atoms with E-state index in [0.717, 1.165) is 39.0 Å². The SMILES string of the molecule is O=C(CBr)N1CCOC2(CCNCC2)C1. The summed E-state index contributed by atoms with van der Waals surface area (Å²) in [6.45, 7) is 4.17. The first-order valence-corrected chi connectivity index (χ1v) is 6.56. The Hall–Kier alpha value is -0.130. The van der Waals surface area contributed by atoms with E-state index in [4.69, 9.17) is 4.74 Å². The van der Waals surface area contributed by atoms with Gasteiger partial charge in [-0.3, -0.25) is 4.79 Å². The molecule has 1 spiro atoms. The number of ether oxygens (including phenoxy) is 1. The largest absolute Gasteiger partial charge is 0.371 e. The second kappa shape index (κ2) is 4.80. The average molecular weight is 277 g/mol. The van der Waals surface area contributed by atoms with Crippen molar-refractivity contribution in [3.63, 3.8) is 0 Å². The molecule has 86 valence electrons. The van der Waals surface area contributed by atoms with Crippen LogP contribution < -0.4 is 5.32 Å². The summed E-state index contributed by atoms with van der Waals surface area (Å²) in [6.07, 6.45) is 2.03. The second-order valence-corrected chi connectivity index (χ2v) is 4.79. The number of morpholine rings is 1. The van der Waals surface area contributed by atoms with Gasteiger partial charge in [-0.15, -0.1) is 0 Å². The lowest BCUT2D eigenvalue weighted by Crippen LogP contribution is -2.57. The van der Waals surface area contributed by atoms with Crippen molar-refractivity contribution in [2.24, 2.45) is 0 Å². The van der Waals surface area contributed by atoms with E-state index in [1.54, 1.807) is 0 Å². The quantitative estimate of drug-likeness (QED) is 0.704. The zero-order valence-corrected chi connectivity index (χ0v) is 10.4. The Morgan fingerprint density at radius 3 is 2.87 bits per heavy atom. The first-order chi connectivity index (χ1) is 7.26. The first-order valence-electron chi connectivity index (χ1n) is 5.44. The normalized spacial score (nSPS) is 25.5. The minimum Gasteiger partial charge on any atom is -0.371 e. The molecule has 2 aliphatic heterocycles. The van der Waals surface area contributed by atoms with Gasteiger partial charge in [0.25, 0.3) is 0 Å². The molecular formula is C10H17BrN2O2. The number of carbonyl (C=O) groups is 1. The highest BCUT2D eigenvalue weighted by atomic mass is 79.9. The lowest BCUT2D eigenvalue weighted by molar-refractivity contribution is -0.152. The maximum absolute atomic E-state index is 11.6. The van der Waals surface area contributed by atoms with Crippen LogP contribution >= 0.6 is 15.9 Å². The van der Waals surface area contributed by atoms with Crippen molar-refractivity contribution < 1.29 is 9.53 Å². The van der Waals surface area contributed by atoms with Crippen LogP contribution in [0, 0.1) is 0 Å². The molecule has 2 heterocycles. The van der Waals surface area contributed by atoms with E-state index in [-0.39, 0.29) is 11.5 Å². The molecule has 0 aromatic carbocycles. The monoisotopic (exact) mass is 276 g/mol. The highest BCUT2D eigenvalue weighted by Crippen LogP contribution is 2.27. The van der Waals surface area contributed by atoms with E-state index in [1.165, 1.54) is 0 Å². The minimum atomic E-state index is -0.0681. The predicted molar refractivity (Wildman–Crippen MR) is 61.2 cm³/mol. The van der Waals surface area contributed by atoms with Crippen LogP contribution in [0.5, 0.6) is 0 Å². The molecule has 0 unspecified atom stereocenters. The van der Waals surface area contributed by atoms with Gasteiger partial charge in [-0.25, -0.2) is 0 Å².